The van der Waals surface area contributed by atoms with Crippen molar-refractivity contribution < 1.29 is 0 Å². The van der Waals surface area contributed by atoms with Crippen LogP contribution < -0.4 is 5.32 Å². The third-order valence-electron chi connectivity index (χ3n) is 2.06. The lowest BCUT2D eigenvalue weighted by molar-refractivity contribution is 0.566. The quantitative estimate of drug-likeness (QED) is 0.804. The lowest BCUT2D eigenvalue weighted by atomic mass is 10.1. The normalized spacial score (nSPS) is 10.7. The van der Waals surface area contributed by atoms with Gasteiger partial charge in [-0.15, -0.1) is 0 Å². The van der Waals surface area contributed by atoms with Gasteiger partial charge in [0.15, 0.2) is 0 Å². The van der Waals surface area contributed by atoms with Crippen molar-refractivity contribution in [2.75, 3.05) is 11.9 Å². The molecule has 0 atom stereocenters. The van der Waals surface area contributed by atoms with Gasteiger partial charge in [0.25, 0.3) is 0 Å². The second-order valence-corrected chi connectivity index (χ2v) is 5.72. The van der Waals surface area contributed by atoms with E-state index in [1.54, 1.807) is 6.20 Å². The Bertz CT molecular complexity index is 313. The van der Waals surface area contributed by atoms with E-state index in [-0.39, 0.29) is 0 Å². The van der Waals surface area contributed by atoms with Crippen LogP contribution in [0.2, 0.25) is 0 Å². The van der Waals surface area contributed by atoms with Crippen molar-refractivity contribution in [1.29, 1.82) is 0 Å². The fourth-order valence-electron chi connectivity index (χ4n) is 1.26. The number of pyridine rings is 1. The van der Waals surface area contributed by atoms with Gasteiger partial charge in [-0.2, -0.15) is 0 Å². The van der Waals surface area contributed by atoms with Crippen LogP contribution >= 0.6 is 31.9 Å². The van der Waals surface area contributed by atoms with Crippen LogP contribution in [0.15, 0.2) is 21.2 Å². The molecule has 0 aliphatic rings. The molecule has 0 bridgehead atoms. The molecular weight excluding hydrogens is 320 g/mol. The van der Waals surface area contributed by atoms with Crippen molar-refractivity contribution in [3.63, 3.8) is 0 Å². The Morgan fingerprint density at radius 3 is 2.73 bits per heavy atom. The van der Waals surface area contributed by atoms with Gasteiger partial charge in [0.05, 0.1) is 4.47 Å². The highest BCUT2D eigenvalue weighted by molar-refractivity contribution is 9.11. The van der Waals surface area contributed by atoms with Gasteiger partial charge in [-0.05, 0) is 56.7 Å². The highest BCUT2D eigenvalue weighted by Crippen LogP contribution is 2.23. The average molecular weight is 336 g/mol. The van der Waals surface area contributed by atoms with Crippen molar-refractivity contribution in [3.8, 4) is 0 Å². The Hall–Kier alpha value is -0.0900. The molecule has 1 rings (SSSR count). The summed E-state index contributed by atoms with van der Waals surface area (Å²) in [4.78, 5) is 4.29. The molecule has 0 amide bonds. The summed E-state index contributed by atoms with van der Waals surface area (Å²) in [5, 5.41) is 3.32. The first-order valence-electron chi connectivity index (χ1n) is 5.14. The summed E-state index contributed by atoms with van der Waals surface area (Å²) in [7, 11) is 0. The Kier molecular flexibility index (Phi) is 5.61. The first-order valence-corrected chi connectivity index (χ1v) is 6.73. The van der Waals surface area contributed by atoms with Gasteiger partial charge in [-0.1, -0.05) is 13.8 Å². The standard InChI is InChI=1S/C11H16Br2N2/c1-8(2)4-3-5-14-11-10(13)6-9(12)7-15-11/h6-8H,3-5H2,1-2H3,(H,14,15). The topological polar surface area (TPSA) is 24.9 Å². The van der Waals surface area contributed by atoms with E-state index >= 15 is 0 Å². The largest absolute Gasteiger partial charge is 0.369 e. The SMILES string of the molecule is CC(C)CCCNc1ncc(Br)cc1Br. The molecule has 4 heteroatoms. The predicted octanol–water partition coefficient (Wildman–Crippen LogP) is 4.45. The minimum absolute atomic E-state index is 0.771. The monoisotopic (exact) mass is 334 g/mol. The third-order valence-corrected chi connectivity index (χ3v) is 3.10. The van der Waals surface area contributed by atoms with E-state index in [0.717, 1.165) is 27.2 Å². The van der Waals surface area contributed by atoms with Gasteiger partial charge in [0, 0.05) is 17.2 Å². The summed E-state index contributed by atoms with van der Waals surface area (Å²) in [5.74, 6) is 1.69. The van der Waals surface area contributed by atoms with Gasteiger partial charge >= 0.3 is 0 Å². The Labute approximate surface area is 108 Å². The number of aromatic nitrogens is 1. The number of nitrogens with one attached hydrogen (secondary N) is 1. The van der Waals surface area contributed by atoms with Crippen molar-refractivity contribution >= 4 is 37.7 Å². The van der Waals surface area contributed by atoms with Crippen LogP contribution in [0.5, 0.6) is 0 Å². The van der Waals surface area contributed by atoms with E-state index in [0.29, 0.717) is 0 Å². The molecule has 1 aromatic rings. The van der Waals surface area contributed by atoms with E-state index < -0.39 is 0 Å². The van der Waals surface area contributed by atoms with Crippen LogP contribution in [-0.2, 0) is 0 Å². The zero-order chi connectivity index (χ0) is 11.3. The molecule has 1 heterocycles. The number of anilines is 1. The van der Waals surface area contributed by atoms with Gasteiger partial charge in [0.1, 0.15) is 5.82 Å². The molecule has 0 fully saturated rings. The molecule has 0 aromatic carbocycles. The van der Waals surface area contributed by atoms with E-state index in [9.17, 15) is 0 Å². The fourth-order valence-corrected chi connectivity index (χ4v) is 2.39. The summed E-state index contributed by atoms with van der Waals surface area (Å²) >= 11 is 6.85. The minimum atomic E-state index is 0.771. The molecule has 2 nitrogen and oxygen atoms in total. The zero-order valence-electron chi connectivity index (χ0n) is 9.06. The maximum Gasteiger partial charge on any atom is 0.140 e. The number of hydrogen-bond donors (Lipinski definition) is 1. The summed E-state index contributed by atoms with van der Waals surface area (Å²) in [6, 6.07) is 2.00. The van der Waals surface area contributed by atoms with Crippen LogP contribution in [-0.4, -0.2) is 11.5 Å². The molecule has 1 aromatic heterocycles. The van der Waals surface area contributed by atoms with Crippen LogP contribution in [0.25, 0.3) is 0 Å². The maximum atomic E-state index is 4.29. The third kappa shape index (κ3) is 4.98. The van der Waals surface area contributed by atoms with E-state index in [4.69, 9.17) is 0 Å². The number of nitrogens with zero attached hydrogens (tertiary/aromatic N) is 1. The highest BCUT2D eigenvalue weighted by atomic mass is 79.9. The summed E-state index contributed by atoms with van der Waals surface area (Å²) in [5.41, 5.74) is 0. The molecule has 0 saturated carbocycles. The van der Waals surface area contributed by atoms with Crippen molar-refractivity contribution in [3.05, 3.63) is 21.2 Å². The molecule has 0 unspecified atom stereocenters. The van der Waals surface area contributed by atoms with Gasteiger partial charge in [-0.3, -0.25) is 0 Å². The number of halogens is 2. The fraction of sp³-hybridized carbons (Fsp3) is 0.545. The van der Waals surface area contributed by atoms with Crippen molar-refractivity contribution in [2.45, 2.75) is 26.7 Å². The van der Waals surface area contributed by atoms with Crippen LogP contribution in [0.1, 0.15) is 26.7 Å². The molecule has 0 aliphatic heterocycles. The summed E-state index contributed by atoms with van der Waals surface area (Å²) in [6.07, 6.45) is 4.23. The smallest absolute Gasteiger partial charge is 0.140 e. The van der Waals surface area contributed by atoms with E-state index in [2.05, 4.69) is 56.0 Å². The molecule has 0 saturated heterocycles. The molecule has 1 N–H and O–H groups in total. The molecular formula is C11H16Br2N2. The maximum absolute atomic E-state index is 4.29. The first kappa shape index (κ1) is 13.0. The molecule has 0 radical (unpaired) electrons. The van der Waals surface area contributed by atoms with Crippen LogP contribution in [0, 0.1) is 5.92 Å². The minimum Gasteiger partial charge on any atom is -0.369 e. The summed E-state index contributed by atoms with van der Waals surface area (Å²) < 4.78 is 1.99. The number of hydrogen-bond acceptors (Lipinski definition) is 2. The molecule has 0 spiro atoms. The molecule has 0 aliphatic carbocycles. The Morgan fingerprint density at radius 1 is 1.40 bits per heavy atom. The second kappa shape index (κ2) is 6.48. The van der Waals surface area contributed by atoms with Crippen molar-refractivity contribution in [2.24, 2.45) is 5.92 Å². The van der Waals surface area contributed by atoms with Gasteiger partial charge < -0.3 is 5.32 Å². The lowest BCUT2D eigenvalue weighted by Crippen LogP contribution is -2.05. The predicted molar refractivity (Wildman–Crippen MR) is 72.2 cm³/mol. The average Bonchev–Trinajstić information content (AvgIpc) is 2.14. The number of rotatable bonds is 5. The van der Waals surface area contributed by atoms with Crippen LogP contribution in [0.4, 0.5) is 5.82 Å². The van der Waals surface area contributed by atoms with Gasteiger partial charge in [-0.25, -0.2) is 4.98 Å². The van der Waals surface area contributed by atoms with E-state index in [1.807, 2.05) is 6.07 Å². The lowest BCUT2D eigenvalue weighted by Gasteiger charge is -2.08. The second-order valence-electron chi connectivity index (χ2n) is 3.95. The Morgan fingerprint density at radius 2 is 2.13 bits per heavy atom. The van der Waals surface area contributed by atoms with Crippen LogP contribution in [0.3, 0.4) is 0 Å². The van der Waals surface area contributed by atoms with Gasteiger partial charge in [0.2, 0.25) is 0 Å². The highest BCUT2D eigenvalue weighted by Gasteiger charge is 2.01. The van der Waals surface area contributed by atoms with Crippen molar-refractivity contribution in [1.82, 2.24) is 4.98 Å². The molecule has 84 valence electrons. The zero-order valence-corrected chi connectivity index (χ0v) is 12.2. The van der Waals surface area contributed by atoms with E-state index in [1.165, 1.54) is 12.8 Å². The molecule has 15 heavy (non-hydrogen) atoms. The Balaban J connectivity index is 2.37. The summed E-state index contributed by atoms with van der Waals surface area (Å²) in [6.45, 7) is 5.47. The first-order chi connectivity index (χ1) is 7.09.